The maximum atomic E-state index is 11.6. The lowest BCUT2D eigenvalue weighted by atomic mass is 10.0. The van der Waals surface area contributed by atoms with Crippen LogP contribution in [0.1, 0.15) is 34.1 Å². The van der Waals surface area contributed by atoms with Crippen molar-refractivity contribution in [2.45, 2.75) is 45.8 Å². The molecule has 2 unspecified atom stereocenters. The summed E-state index contributed by atoms with van der Waals surface area (Å²) in [6.07, 6.45) is 1.12. The zero-order valence-electron chi connectivity index (χ0n) is 12.5. The van der Waals surface area contributed by atoms with Crippen LogP contribution in [0.2, 0.25) is 0 Å². The molecule has 0 bridgehead atoms. The summed E-state index contributed by atoms with van der Waals surface area (Å²) in [4.78, 5) is 11.6. The van der Waals surface area contributed by atoms with Crippen molar-refractivity contribution < 1.29 is 14.3 Å². The van der Waals surface area contributed by atoms with E-state index in [4.69, 9.17) is 9.47 Å². The Bertz CT molecular complexity index is 272. The van der Waals surface area contributed by atoms with Crippen molar-refractivity contribution in [1.29, 1.82) is 0 Å². The van der Waals surface area contributed by atoms with Gasteiger partial charge < -0.3 is 14.8 Å². The average Bonchev–Trinajstić information content (AvgIpc) is 2.78. The van der Waals surface area contributed by atoms with Crippen LogP contribution < -0.4 is 5.32 Å². The summed E-state index contributed by atoms with van der Waals surface area (Å²) in [7, 11) is 0. The molecule has 19 heavy (non-hydrogen) atoms. The van der Waals surface area contributed by atoms with Gasteiger partial charge in [-0.15, -0.1) is 11.8 Å². The first-order valence-electron chi connectivity index (χ1n) is 7.03. The molecule has 0 aromatic carbocycles. The largest absolute Gasteiger partial charge is 0.459 e. The first kappa shape index (κ1) is 16.8. The monoisotopic (exact) mass is 289 g/mol. The molecule has 1 N–H and O–H groups in total. The second kappa shape index (κ2) is 8.12. The Morgan fingerprint density at radius 2 is 2.26 bits per heavy atom. The molecule has 1 heterocycles. The van der Waals surface area contributed by atoms with Gasteiger partial charge in [-0.3, -0.25) is 4.79 Å². The highest BCUT2D eigenvalue weighted by molar-refractivity contribution is 7.99. The van der Waals surface area contributed by atoms with Gasteiger partial charge in [0.25, 0.3) is 0 Å². The summed E-state index contributed by atoms with van der Waals surface area (Å²) in [5.74, 6) is 1.80. The van der Waals surface area contributed by atoms with E-state index in [0.29, 0.717) is 17.7 Å². The van der Waals surface area contributed by atoms with Crippen LogP contribution in [-0.4, -0.2) is 48.9 Å². The average molecular weight is 289 g/mol. The predicted octanol–water partition coefficient (Wildman–Crippen LogP) is 2.08. The topological polar surface area (TPSA) is 47.6 Å². The number of carbonyl (C=O) groups is 1. The minimum Gasteiger partial charge on any atom is -0.459 e. The van der Waals surface area contributed by atoms with E-state index in [-0.39, 0.29) is 5.97 Å². The van der Waals surface area contributed by atoms with Gasteiger partial charge in [0.05, 0.1) is 12.4 Å². The molecule has 1 saturated heterocycles. The van der Waals surface area contributed by atoms with E-state index in [1.807, 2.05) is 20.8 Å². The van der Waals surface area contributed by atoms with E-state index in [1.54, 1.807) is 11.8 Å². The van der Waals surface area contributed by atoms with E-state index < -0.39 is 5.60 Å². The van der Waals surface area contributed by atoms with E-state index in [0.717, 1.165) is 31.9 Å². The number of ether oxygens (including phenoxy) is 2. The molecule has 0 radical (unpaired) electrons. The molecule has 1 aliphatic rings. The fourth-order valence-electron chi connectivity index (χ4n) is 2.13. The molecule has 1 aliphatic heterocycles. The lowest BCUT2D eigenvalue weighted by Gasteiger charge is -2.23. The first-order valence-corrected chi connectivity index (χ1v) is 8.18. The Morgan fingerprint density at radius 1 is 1.53 bits per heavy atom. The normalized spacial score (nSPS) is 21.4. The van der Waals surface area contributed by atoms with Gasteiger partial charge in [0.1, 0.15) is 5.60 Å². The number of esters is 1. The van der Waals surface area contributed by atoms with Gasteiger partial charge in [-0.2, -0.15) is 0 Å². The summed E-state index contributed by atoms with van der Waals surface area (Å²) < 4.78 is 10.7. The zero-order chi connectivity index (χ0) is 14.3. The zero-order valence-corrected chi connectivity index (χ0v) is 13.3. The van der Waals surface area contributed by atoms with Crippen LogP contribution in [0.15, 0.2) is 0 Å². The van der Waals surface area contributed by atoms with Crippen LogP contribution in [0.5, 0.6) is 0 Å². The van der Waals surface area contributed by atoms with E-state index >= 15 is 0 Å². The number of nitrogens with one attached hydrogen (secondary N) is 1. The van der Waals surface area contributed by atoms with Gasteiger partial charge in [0.15, 0.2) is 0 Å². The van der Waals surface area contributed by atoms with Crippen LogP contribution in [0.4, 0.5) is 0 Å². The van der Waals surface area contributed by atoms with Crippen LogP contribution >= 0.6 is 11.8 Å². The van der Waals surface area contributed by atoms with Gasteiger partial charge in [-0.25, -0.2) is 0 Å². The lowest BCUT2D eigenvalue weighted by Crippen LogP contribution is -2.39. The fraction of sp³-hybridized carbons (Fsp3) is 0.929. The second-order valence-corrected chi connectivity index (χ2v) is 6.92. The fourth-order valence-corrected chi connectivity index (χ4v) is 3.12. The number of hydrogen-bond donors (Lipinski definition) is 1. The summed E-state index contributed by atoms with van der Waals surface area (Å²) >= 11 is 1.64. The van der Waals surface area contributed by atoms with Crippen molar-refractivity contribution in [2.24, 2.45) is 5.92 Å². The maximum absolute atomic E-state index is 11.6. The molecular formula is C14H27NO3S. The Kier molecular flexibility index (Phi) is 7.18. The molecule has 4 nitrogen and oxygen atoms in total. The van der Waals surface area contributed by atoms with Crippen LogP contribution in [0, 0.1) is 5.92 Å². The summed E-state index contributed by atoms with van der Waals surface area (Å²) in [5.41, 5.74) is -0.391. The number of hydrogen-bond acceptors (Lipinski definition) is 5. The highest BCUT2D eigenvalue weighted by Gasteiger charge is 2.25. The van der Waals surface area contributed by atoms with Crippen molar-refractivity contribution >= 4 is 17.7 Å². The molecule has 1 rings (SSSR count). The number of rotatable bonds is 7. The van der Waals surface area contributed by atoms with E-state index in [1.165, 1.54) is 0 Å². The predicted molar refractivity (Wildman–Crippen MR) is 79.6 cm³/mol. The second-order valence-electron chi connectivity index (χ2n) is 5.89. The van der Waals surface area contributed by atoms with E-state index in [2.05, 4.69) is 12.2 Å². The lowest BCUT2D eigenvalue weighted by molar-refractivity contribution is -0.151. The highest BCUT2D eigenvalue weighted by atomic mass is 32.2. The first-order chi connectivity index (χ1) is 8.92. The maximum Gasteiger partial charge on any atom is 0.316 e. The van der Waals surface area contributed by atoms with Gasteiger partial charge in [0, 0.05) is 24.3 Å². The third kappa shape index (κ3) is 7.18. The van der Waals surface area contributed by atoms with Gasteiger partial charge in [-0.05, 0) is 33.7 Å². The molecular weight excluding hydrogens is 262 g/mol. The number of thioether (sulfide) groups is 1. The van der Waals surface area contributed by atoms with Crippen molar-refractivity contribution in [3.63, 3.8) is 0 Å². The summed E-state index contributed by atoms with van der Waals surface area (Å²) in [6.45, 7) is 10.5. The molecule has 0 amide bonds. The number of carbonyl (C=O) groups excluding carboxylic acids is 1. The molecule has 0 aromatic rings. The van der Waals surface area contributed by atoms with Gasteiger partial charge >= 0.3 is 5.97 Å². The standard InChI is InChI=1S/C14H27NO3S/c1-5-15-12(11-6-7-17-8-11)9-19-10-13(16)18-14(2,3)4/h11-12,15H,5-10H2,1-4H3. The van der Waals surface area contributed by atoms with E-state index in [9.17, 15) is 4.79 Å². The van der Waals surface area contributed by atoms with Crippen LogP contribution in [0.3, 0.4) is 0 Å². The Hall–Kier alpha value is -0.260. The minimum absolute atomic E-state index is 0.129. The van der Waals surface area contributed by atoms with Crippen LogP contribution in [-0.2, 0) is 14.3 Å². The molecule has 0 aromatic heterocycles. The molecule has 0 spiro atoms. The smallest absolute Gasteiger partial charge is 0.316 e. The van der Waals surface area contributed by atoms with Crippen molar-refractivity contribution in [3.8, 4) is 0 Å². The van der Waals surface area contributed by atoms with Gasteiger partial charge in [0.2, 0.25) is 0 Å². The third-order valence-corrected chi connectivity index (χ3v) is 3.97. The van der Waals surface area contributed by atoms with Crippen LogP contribution in [0.25, 0.3) is 0 Å². The highest BCUT2D eigenvalue weighted by Crippen LogP contribution is 2.20. The van der Waals surface area contributed by atoms with Crippen molar-refractivity contribution in [1.82, 2.24) is 5.32 Å². The molecule has 0 aliphatic carbocycles. The minimum atomic E-state index is -0.391. The van der Waals surface area contributed by atoms with Crippen molar-refractivity contribution in [2.75, 3.05) is 31.3 Å². The molecule has 112 valence electrons. The molecule has 5 heteroatoms. The Balaban J connectivity index is 2.26. The molecule has 1 fully saturated rings. The Morgan fingerprint density at radius 3 is 2.79 bits per heavy atom. The molecule has 0 saturated carbocycles. The Labute approximate surface area is 121 Å². The SMILES string of the molecule is CCNC(CSCC(=O)OC(C)(C)C)C1CCOC1. The molecule has 2 atom stereocenters. The van der Waals surface area contributed by atoms with Gasteiger partial charge in [-0.1, -0.05) is 6.92 Å². The quantitative estimate of drug-likeness (QED) is 0.727. The third-order valence-electron chi connectivity index (χ3n) is 2.94. The summed E-state index contributed by atoms with van der Waals surface area (Å²) in [5, 5.41) is 3.49. The van der Waals surface area contributed by atoms with Crippen molar-refractivity contribution in [3.05, 3.63) is 0 Å². The summed E-state index contributed by atoms with van der Waals surface area (Å²) in [6, 6.07) is 0.430.